The zero-order valence-corrected chi connectivity index (χ0v) is 10.2. The average Bonchev–Trinajstić information content (AvgIpc) is 2.25. The first-order valence-electron chi connectivity index (χ1n) is 5.68. The summed E-state index contributed by atoms with van der Waals surface area (Å²) in [4.78, 5) is 0. The average molecular weight is 223 g/mol. The van der Waals surface area contributed by atoms with Gasteiger partial charge in [-0.15, -0.1) is 0 Å². The van der Waals surface area contributed by atoms with E-state index in [0.29, 0.717) is 5.75 Å². The lowest BCUT2D eigenvalue weighted by Gasteiger charge is -2.18. The Morgan fingerprint density at radius 2 is 2.00 bits per heavy atom. The van der Waals surface area contributed by atoms with E-state index in [9.17, 15) is 5.11 Å². The Labute approximate surface area is 97.1 Å². The quantitative estimate of drug-likeness (QED) is 0.715. The number of aromatic hydroxyl groups is 1. The highest BCUT2D eigenvalue weighted by molar-refractivity contribution is 5.37. The zero-order valence-electron chi connectivity index (χ0n) is 10.2. The van der Waals surface area contributed by atoms with Crippen LogP contribution in [0, 0.1) is 12.8 Å². The van der Waals surface area contributed by atoms with E-state index < -0.39 is 0 Å². The van der Waals surface area contributed by atoms with Crippen molar-refractivity contribution in [2.45, 2.75) is 26.8 Å². The Bertz CT molecular complexity index is 339. The summed E-state index contributed by atoms with van der Waals surface area (Å²) in [7, 11) is 0. The number of hydrogen-bond donors (Lipinski definition) is 3. The van der Waals surface area contributed by atoms with Gasteiger partial charge in [-0.25, -0.2) is 0 Å². The van der Waals surface area contributed by atoms with Gasteiger partial charge in [-0.2, -0.15) is 0 Å². The van der Waals surface area contributed by atoms with E-state index in [0.717, 1.165) is 17.7 Å². The minimum atomic E-state index is 0.0922. The van der Waals surface area contributed by atoms with E-state index >= 15 is 0 Å². The third-order valence-corrected chi connectivity index (χ3v) is 2.74. The second-order valence-corrected chi connectivity index (χ2v) is 4.48. The van der Waals surface area contributed by atoms with E-state index in [1.54, 1.807) is 6.07 Å². The van der Waals surface area contributed by atoms with Crippen LogP contribution in [0.3, 0.4) is 0 Å². The number of benzene rings is 1. The van der Waals surface area contributed by atoms with Gasteiger partial charge >= 0.3 is 0 Å². The van der Waals surface area contributed by atoms with Gasteiger partial charge in [0, 0.05) is 24.8 Å². The van der Waals surface area contributed by atoms with E-state index in [-0.39, 0.29) is 18.6 Å². The van der Waals surface area contributed by atoms with Gasteiger partial charge in [-0.3, -0.25) is 0 Å². The first-order chi connectivity index (χ1) is 7.54. The number of aliphatic hydroxyl groups excluding tert-OH is 1. The second-order valence-electron chi connectivity index (χ2n) is 4.48. The van der Waals surface area contributed by atoms with E-state index in [2.05, 4.69) is 5.32 Å². The number of rotatable bonds is 5. The standard InChI is InChI=1S/C13H21NO2/c1-9-4-5-12(13(16)6-9)11(3)14-7-10(2)8-15/h4-6,10-11,14-16H,7-8H2,1-3H3. The van der Waals surface area contributed by atoms with Gasteiger partial charge in [0.25, 0.3) is 0 Å². The van der Waals surface area contributed by atoms with Crippen LogP contribution in [0.4, 0.5) is 0 Å². The Hall–Kier alpha value is -1.06. The molecule has 0 aromatic heterocycles. The van der Waals surface area contributed by atoms with Crippen molar-refractivity contribution in [1.29, 1.82) is 0 Å². The molecule has 1 rings (SSSR count). The van der Waals surface area contributed by atoms with Gasteiger partial charge in [0.1, 0.15) is 5.75 Å². The molecule has 3 N–H and O–H groups in total. The molecule has 0 aliphatic heterocycles. The Kier molecular flexibility index (Phi) is 4.77. The van der Waals surface area contributed by atoms with Crippen molar-refractivity contribution in [3.8, 4) is 5.75 Å². The maximum absolute atomic E-state index is 9.79. The van der Waals surface area contributed by atoms with Gasteiger partial charge in [-0.1, -0.05) is 19.1 Å². The van der Waals surface area contributed by atoms with Crippen LogP contribution in [0.5, 0.6) is 5.75 Å². The molecule has 0 saturated heterocycles. The molecule has 0 fully saturated rings. The topological polar surface area (TPSA) is 52.5 Å². The molecule has 2 unspecified atom stereocenters. The number of nitrogens with one attached hydrogen (secondary N) is 1. The summed E-state index contributed by atoms with van der Waals surface area (Å²) in [6.45, 7) is 6.86. The van der Waals surface area contributed by atoms with Crippen LogP contribution < -0.4 is 5.32 Å². The Morgan fingerprint density at radius 1 is 1.31 bits per heavy atom. The molecule has 0 radical (unpaired) electrons. The Balaban J connectivity index is 2.62. The van der Waals surface area contributed by atoms with Crippen molar-refractivity contribution in [3.63, 3.8) is 0 Å². The van der Waals surface area contributed by atoms with Crippen molar-refractivity contribution in [2.75, 3.05) is 13.2 Å². The third kappa shape index (κ3) is 3.51. The summed E-state index contributed by atoms with van der Waals surface area (Å²) in [6.07, 6.45) is 0. The third-order valence-electron chi connectivity index (χ3n) is 2.74. The van der Waals surface area contributed by atoms with Gasteiger partial charge in [0.2, 0.25) is 0 Å². The first kappa shape index (κ1) is 13.0. The predicted octanol–water partition coefficient (Wildman–Crippen LogP) is 1.98. The molecule has 90 valence electrons. The van der Waals surface area contributed by atoms with Crippen LogP contribution in [0.15, 0.2) is 18.2 Å². The van der Waals surface area contributed by atoms with Crippen molar-refractivity contribution < 1.29 is 10.2 Å². The van der Waals surface area contributed by atoms with Crippen LogP contribution >= 0.6 is 0 Å². The monoisotopic (exact) mass is 223 g/mol. The smallest absolute Gasteiger partial charge is 0.120 e. The molecule has 1 aromatic carbocycles. The molecular weight excluding hydrogens is 202 g/mol. The minimum absolute atomic E-state index is 0.0922. The Morgan fingerprint density at radius 3 is 2.56 bits per heavy atom. The maximum Gasteiger partial charge on any atom is 0.120 e. The fraction of sp³-hybridized carbons (Fsp3) is 0.538. The fourth-order valence-corrected chi connectivity index (χ4v) is 1.57. The van der Waals surface area contributed by atoms with Crippen LogP contribution in [-0.2, 0) is 0 Å². The molecule has 0 spiro atoms. The summed E-state index contributed by atoms with van der Waals surface area (Å²) in [5, 5.41) is 22.0. The molecule has 0 aliphatic rings. The lowest BCUT2D eigenvalue weighted by molar-refractivity contribution is 0.230. The number of phenolic OH excluding ortho intramolecular Hbond substituents is 1. The number of aryl methyl sites for hydroxylation is 1. The summed E-state index contributed by atoms with van der Waals surface area (Å²) in [5.41, 5.74) is 1.95. The number of hydrogen-bond acceptors (Lipinski definition) is 3. The van der Waals surface area contributed by atoms with Gasteiger partial charge < -0.3 is 15.5 Å². The van der Waals surface area contributed by atoms with E-state index in [1.807, 2.05) is 32.9 Å². The molecule has 3 heteroatoms. The SMILES string of the molecule is Cc1ccc(C(C)NCC(C)CO)c(O)c1. The van der Waals surface area contributed by atoms with Gasteiger partial charge in [0.15, 0.2) is 0 Å². The van der Waals surface area contributed by atoms with Crippen LogP contribution in [0.2, 0.25) is 0 Å². The molecule has 0 amide bonds. The molecule has 3 nitrogen and oxygen atoms in total. The predicted molar refractivity (Wildman–Crippen MR) is 65.5 cm³/mol. The van der Waals surface area contributed by atoms with Crippen LogP contribution in [-0.4, -0.2) is 23.4 Å². The largest absolute Gasteiger partial charge is 0.508 e. The van der Waals surface area contributed by atoms with Crippen molar-refractivity contribution in [2.24, 2.45) is 5.92 Å². The highest BCUT2D eigenvalue weighted by Crippen LogP contribution is 2.24. The molecule has 1 aromatic rings. The van der Waals surface area contributed by atoms with Crippen molar-refractivity contribution >= 4 is 0 Å². The van der Waals surface area contributed by atoms with Crippen LogP contribution in [0.1, 0.15) is 31.0 Å². The van der Waals surface area contributed by atoms with Gasteiger partial charge in [-0.05, 0) is 31.4 Å². The molecule has 0 bridgehead atoms. The highest BCUT2D eigenvalue weighted by Gasteiger charge is 2.10. The van der Waals surface area contributed by atoms with Crippen molar-refractivity contribution in [3.05, 3.63) is 29.3 Å². The highest BCUT2D eigenvalue weighted by atomic mass is 16.3. The summed E-state index contributed by atoms with van der Waals surface area (Å²) in [5.74, 6) is 0.562. The fourth-order valence-electron chi connectivity index (χ4n) is 1.57. The summed E-state index contributed by atoms with van der Waals surface area (Å²) in [6, 6.07) is 5.78. The second kappa shape index (κ2) is 5.87. The van der Waals surface area contributed by atoms with Gasteiger partial charge in [0.05, 0.1) is 0 Å². The molecule has 0 heterocycles. The van der Waals surface area contributed by atoms with Crippen molar-refractivity contribution in [1.82, 2.24) is 5.32 Å². The van der Waals surface area contributed by atoms with E-state index in [1.165, 1.54) is 0 Å². The normalized spacial score (nSPS) is 14.8. The number of phenols is 1. The molecule has 16 heavy (non-hydrogen) atoms. The minimum Gasteiger partial charge on any atom is -0.508 e. The summed E-state index contributed by atoms with van der Waals surface area (Å²) < 4.78 is 0. The summed E-state index contributed by atoms with van der Waals surface area (Å²) >= 11 is 0. The van der Waals surface area contributed by atoms with Crippen LogP contribution in [0.25, 0.3) is 0 Å². The molecule has 2 atom stereocenters. The zero-order chi connectivity index (χ0) is 12.1. The molecule has 0 aliphatic carbocycles. The lowest BCUT2D eigenvalue weighted by atomic mass is 10.0. The first-order valence-corrected chi connectivity index (χ1v) is 5.68. The lowest BCUT2D eigenvalue weighted by Crippen LogP contribution is -2.26. The maximum atomic E-state index is 9.79. The van der Waals surface area contributed by atoms with E-state index in [4.69, 9.17) is 5.11 Å². The number of aliphatic hydroxyl groups is 1. The molecule has 0 saturated carbocycles. The molecular formula is C13H21NO2.